The van der Waals surface area contributed by atoms with Gasteiger partial charge in [0.2, 0.25) is 11.8 Å². The molecule has 0 radical (unpaired) electrons. The van der Waals surface area contributed by atoms with Crippen LogP contribution >= 0.6 is 11.3 Å². The Labute approximate surface area is 145 Å². The highest BCUT2D eigenvalue weighted by atomic mass is 32.1. The summed E-state index contributed by atoms with van der Waals surface area (Å²) in [7, 11) is 0. The van der Waals surface area contributed by atoms with Crippen LogP contribution in [0, 0.1) is 5.92 Å². The highest BCUT2D eigenvalue weighted by Crippen LogP contribution is 2.29. The fourth-order valence-electron chi connectivity index (χ4n) is 3.24. The third-order valence-electron chi connectivity index (χ3n) is 4.35. The first kappa shape index (κ1) is 16.6. The van der Waals surface area contributed by atoms with Gasteiger partial charge in [-0.25, -0.2) is 4.98 Å². The minimum atomic E-state index is -0.319. The summed E-state index contributed by atoms with van der Waals surface area (Å²) in [5, 5.41) is 7.98. The van der Waals surface area contributed by atoms with Gasteiger partial charge in [0.1, 0.15) is 6.42 Å². The molecule has 126 valence electrons. The van der Waals surface area contributed by atoms with Gasteiger partial charge in [-0.2, -0.15) is 0 Å². The number of thiazole rings is 1. The van der Waals surface area contributed by atoms with Crippen molar-refractivity contribution in [3.05, 3.63) is 47.5 Å². The number of nitrogens with one attached hydrogen (secondary N) is 2. The molecule has 1 aliphatic carbocycles. The van der Waals surface area contributed by atoms with Gasteiger partial charge in [-0.05, 0) is 30.7 Å². The molecule has 0 spiro atoms. The number of hydrogen-bond acceptors (Lipinski definition) is 4. The summed E-state index contributed by atoms with van der Waals surface area (Å²) in [6.45, 7) is 0. The molecule has 1 aromatic heterocycles. The second-order valence-corrected chi connectivity index (χ2v) is 7.01. The zero-order chi connectivity index (χ0) is 16.8. The van der Waals surface area contributed by atoms with Gasteiger partial charge >= 0.3 is 0 Å². The van der Waals surface area contributed by atoms with E-state index in [0.717, 1.165) is 25.7 Å². The van der Waals surface area contributed by atoms with Crippen LogP contribution in [0.4, 0.5) is 5.13 Å². The Hall–Kier alpha value is -2.21. The van der Waals surface area contributed by atoms with Crippen molar-refractivity contribution in [2.45, 2.75) is 38.1 Å². The van der Waals surface area contributed by atoms with E-state index in [-0.39, 0.29) is 24.3 Å². The maximum Gasteiger partial charge on any atom is 0.235 e. The Morgan fingerprint density at radius 3 is 2.75 bits per heavy atom. The highest BCUT2D eigenvalue weighted by Gasteiger charge is 2.29. The molecule has 1 aromatic carbocycles. The van der Waals surface area contributed by atoms with Crippen molar-refractivity contribution >= 4 is 28.3 Å². The minimum absolute atomic E-state index is 0.158. The lowest BCUT2D eigenvalue weighted by Crippen LogP contribution is -2.39. The van der Waals surface area contributed by atoms with Crippen molar-refractivity contribution < 1.29 is 9.59 Å². The standard InChI is InChI=1S/C18H21N3O2S/c22-16(12-17(23)21-18-19-9-10-24-18)20-15-8-4-7-14(15)11-13-5-2-1-3-6-13/h1-3,5-6,9-10,14-15H,4,7-8,11-12H2,(H,20,22)(H,19,21,23). The van der Waals surface area contributed by atoms with Crippen LogP contribution in [0.3, 0.4) is 0 Å². The predicted molar refractivity (Wildman–Crippen MR) is 94.8 cm³/mol. The molecule has 2 amide bonds. The number of aromatic nitrogens is 1. The number of benzene rings is 1. The number of amides is 2. The Kier molecular flexibility index (Phi) is 5.59. The Balaban J connectivity index is 1.48. The maximum absolute atomic E-state index is 12.1. The van der Waals surface area contributed by atoms with Crippen LogP contribution in [0.1, 0.15) is 31.2 Å². The molecule has 2 N–H and O–H groups in total. The molecule has 0 bridgehead atoms. The van der Waals surface area contributed by atoms with Crippen LogP contribution in [0.2, 0.25) is 0 Å². The van der Waals surface area contributed by atoms with Crippen LogP contribution in [0.25, 0.3) is 0 Å². The molecule has 2 atom stereocenters. The van der Waals surface area contributed by atoms with Crippen molar-refractivity contribution in [2.24, 2.45) is 5.92 Å². The van der Waals surface area contributed by atoms with Crippen molar-refractivity contribution in [1.29, 1.82) is 0 Å². The van der Waals surface area contributed by atoms with Crippen LogP contribution in [-0.4, -0.2) is 22.8 Å². The average molecular weight is 343 g/mol. The average Bonchev–Trinajstić information content (AvgIpc) is 3.21. The molecule has 0 saturated heterocycles. The lowest BCUT2D eigenvalue weighted by atomic mass is 9.94. The monoisotopic (exact) mass is 343 g/mol. The van der Waals surface area contributed by atoms with Gasteiger partial charge in [-0.15, -0.1) is 11.3 Å². The predicted octanol–water partition coefficient (Wildman–Crippen LogP) is 3.00. The molecule has 1 aliphatic rings. The van der Waals surface area contributed by atoms with Gasteiger partial charge in [0.25, 0.3) is 0 Å². The van der Waals surface area contributed by atoms with Gasteiger partial charge in [0.15, 0.2) is 5.13 Å². The second-order valence-electron chi connectivity index (χ2n) is 6.12. The topological polar surface area (TPSA) is 71.1 Å². The zero-order valence-corrected chi connectivity index (χ0v) is 14.2. The van der Waals surface area contributed by atoms with E-state index >= 15 is 0 Å². The lowest BCUT2D eigenvalue weighted by Gasteiger charge is -2.21. The third kappa shape index (κ3) is 4.64. The summed E-state index contributed by atoms with van der Waals surface area (Å²) in [5.74, 6) is -0.0903. The van der Waals surface area contributed by atoms with E-state index in [0.29, 0.717) is 11.0 Å². The summed E-state index contributed by atoms with van der Waals surface area (Å²) >= 11 is 1.34. The number of rotatable bonds is 6. The van der Waals surface area contributed by atoms with Crippen molar-refractivity contribution in [3.63, 3.8) is 0 Å². The summed E-state index contributed by atoms with van der Waals surface area (Å²) in [4.78, 5) is 28.0. The molecule has 24 heavy (non-hydrogen) atoms. The van der Waals surface area contributed by atoms with Crippen LogP contribution in [0.5, 0.6) is 0 Å². The molecule has 1 saturated carbocycles. The zero-order valence-electron chi connectivity index (χ0n) is 13.4. The summed E-state index contributed by atoms with van der Waals surface area (Å²) < 4.78 is 0. The smallest absolute Gasteiger partial charge is 0.235 e. The van der Waals surface area contributed by atoms with Crippen molar-refractivity contribution in [1.82, 2.24) is 10.3 Å². The molecular formula is C18H21N3O2S. The first-order valence-corrected chi connectivity index (χ1v) is 9.11. The molecular weight excluding hydrogens is 322 g/mol. The molecule has 0 aliphatic heterocycles. The molecule has 2 unspecified atom stereocenters. The molecule has 1 heterocycles. The number of hydrogen-bond donors (Lipinski definition) is 2. The maximum atomic E-state index is 12.1. The highest BCUT2D eigenvalue weighted by molar-refractivity contribution is 7.13. The number of nitrogens with zero attached hydrogens (tertiary/aromatic N) is 1. The molecule has 5 nitrogen and oxygen atoms in total. The van der Waals surface area contributed by atoms with E-state index in [1.807, 2.05) is 18.2 Å². The van der Waals surface area contributed by atoms with Gasteiger partial charge in [0.05, 0.1) is 0 Å². The fourth-order valence-corrected chi connectivity index (χ4v) is 3.79. The van der Waals surface area contributed by atoms with E-state index in [1.165, 1.54) is 16.9 Å². The number of carbonyl (C=O) groups excluding carboxylic acids is 2. The van der Waals surface area contributed by atoms with E-state index in [9.17, 15) is 9.59 Å². The molecule has 3 rings (SSSR count). The van der Waals surface area contributed by atoms with Crippen molar-refractivity contribution in [3.8, 4) is 0 Å². The SMILES string of the molecule is O=C(CC(=O)NC1CCCC1Cc1ccccc1)Nc1nccs1. The first-order chi connectivity index (χ1) is 11.7. The van der Waals surface area contributed by atoms with Gasteiger partial charge in [-0.1, -0.05) is 36.8 Å². The lowest BCUT2D eigenvalue weighted by molar-refractivity contribution is -0.127. The normalized spacial score (nSPS) is 19.8. The number of carbonyl (C=O) groups is 2. The van der Waals surface area contributed by atoms with Crippen molar-refractivity contribution in [2.75, 3.05) is 5.32 Å². The minimum Gasteiger partial charge on any atom is -0.353 e. The quantitative estimate of drug-likeness (QED) is 0.792. The molecule has 6 heteroatoms. The summed E-state index contributed by atoms with van der Waals surface area (Å²) in [6, 6.07) is 10.5. The molecule has 2 aromatic rings. The van der Waals surface area contributed by atoms with E-state index in [2.05, 4.69) is 27.8 Å². The summed E-state index contributed by atoms with van der Waals surface area (Å²) in [5.41, 5.74) is 1.30. The molecule has 1 fully saturated rings. The first-order valence-electron chi connectivity index (χ1n) is 8.23. The van der Waals surface area contributed by atoms with Gasteiger partial charge in [-0.3, -0.25) is 9.59 Å². The van der Waals surface area contributed by atoms with Gasteiger partial charge < -0.3 is 10.6 Å². The van der Waals surface area contributed by atoms with Crippen LogP contribution in [0.15, 0.2) is 41.9 Å². The largest absolute Gasteiger partial charge is 0.353 e. The Morgan fingerprint density at radius 2 is 2.00 bits per heavy atom. The Bertz CT molecular complexity index is 673. The van der Waals surface area contributed by atoms with E-state index in [1.54, 1.807) is 11.6 Å². The second kappa shape index (κ2) is 8.06. The van der Waals surface area contributed by atoms with E-state index in [4.69, 9.17) is 0 Å². The van der Waals surface area contributed by atoms with Crippen LogP contribution in [-0.2, 0) is 16.0 Å². The number of anilines is 1. The van der Waals surface area contributed by atoms with E-state index < -0.39 is 0 Å². The third-order valence-corrected chi connectivity index (χ3v) is 5.03. The summed E-state index contributed by atoms with van der Waals surface area (Å²) in [6.07, 6.45) is 5.65. The fraction of sp³-hybridized carbons (Fsp3) is 0.389. The van der Waals surface area contributed by atoms with Gasteiger partial charge in [0, 0.05) is 17.6 Å². The Morgan fingerprint density at radius 1 is 1.17 bits per heavy atom. The van der Waals surface area contributed by atoms with Crippen LogP contribution < -0.4 is 10.6 Å².